The standard InChI is InChI=1S/C15H19N3O/c1-12(2)14-15(17-11-19-3)18(10-16-14)9-13-7-5-4-6-8-13/h4-8,10-12H,9H2,1-3H3/b17-11+. The highest BCUT2D eigenvalue weighted by molar-refractivity contribution is 5.55. The van der Waals surface area contributed by atoms with Gasteiger partial charge in [0.05, 0.1) is 25.7 Å². The Labute approximate surface area is 113 Å². The first kappa shape index (κ1) is 13.3. The van der Waals surface area contributed by atoms with Gasteiger partial charge >= 0.3 is 0 Å². The first-order valence-corrected chi connectivity index (χ1v) is 6.36. The van der Waals surface area contributed by atoms with Crippen LogP contribution in [0.4, 0.5) is 5.82 Å². The predicted molar refractivity (Wildman–Crippen MR) is 77.0 cm³/mol. The van der Waals surface area contributed by atoms with E-state index in [1.165, 1.54) is 12.0 Å². The number of hydrogen-bond donors (Lipinski definition) is 0. The summed E-state index contributed by atoms with van der Waals surface area (Å²) >= 11 is 0. The summed E-state index contributed by atoms with van der Waals surface area (Å²) < 4.78 is 6.96. The van der Waals surface area contributed by atoms with Gasteiger partial charge in [-0.2, -0.15) is 0 Å². The highest BCUT2D eigenvalue weighted by Crippen LogP contribution is 2.26. The molecule has 0 aliphatic heterocycles. The van der Waals surface area contributed by atoms with Gasteiger partial charge in [0, 0.05) is 0 Å². The Bertz CT molecular complexity index is 544. The van der Waals surface area contributed by atoms with Crippen LogP contribution in [-0.2, 0) is 11.3 Å². The minimum atomic E-state index is 0.334. The third-order valence-corrected chi connectivity index (χ3v) is 2.86. The van der Waals surface area contributed by atoms with Crippen molar-refractivity contribution in [3.63, 3.8) is 0 Å². The van der Waals surface area contributed by atoms with Crippen molar-refractivity contribution >= 4 is 12.2 Å². The van der Waals surface area contributed by atoms with E-state index >= 15 is 0 Å². The van der Waals surface area contributed by atoms with E-state index in [0.29, 0.717) is 5.92 Å². The second kappa shape index (κ2) is 6.18. The quantitative estimate of drug-likeness (QED) is 0.608. The zero-order chi connectivity index (χ0) is 13.7. The molecule has 0 saturated carbocycles. The van der Waals surface area contributed by atoms with Crippen molar-refractivity contribution in [3.05, 3.63) is 47.9 Å². The van der Waals surface area contributed by atoms with E-state index in [-0.39, 0.29) is 0 Å². The molecule has 4 heteroatoms. The molecule has 4 nitrogen and oxygen atoms in total. The van der Waals surface area contributed by atoms with Crippen LogP contribution in [0.15, 0.2) is 41.7 Å². The molecule has 1 aromatic heterocycles. The normalized spacial score (nSPS) is 11.4. The molecule has 1 aromatic carbocycles. The van der Waals surface area contributed by atoms with Gasteiger partial charge in [-0.1, -0.05) is 44.2 Å². The molecule has 0 spiro atoms. The van der Waals surface area contributed by atoms with Crippen LogP contribution >= 0.6 is 0 Å². The molecule has 0 amide bonds. The number of hydrogen-bond acceptors (Lipinski definition) is 3. The Morgan fingerprint density at radius 3 is 2.68 bits per heavy atom. The molecule has 0 bridgehead atoms. The van der Waals surface area contributed by atoms with Gasteiger partial charge in [-0.3, -0.25) is 0 Å². The van der Waals surface area contributed by atoms with E-state index in [2.05, 4.69) is 36.0 Å². The third kappa shape index (κ3) is 3.22. The second-order valence-corrected chi connectivity index (χ2v) is 4.69. The van der Waals surface area contributed by atoms with Gasteiger partial charge in [-0.25, -0.2) is 9.98 Å². The monoisotopic (exact) mass is 257 g/mol. The van der Waals surface area contributed by atoms with Crippen LogP contribution in [0.2, 0.25) is 0 Å². The Kier molecular flexibility index (Phi) is 4.34. The fourth-order valence-electron chi connectivity index (χ4n) is 1.94. The molecule has 0 fully saturated rings. The topological polar surface area (TPSA) is 39.4 Å². The zero-order valence-electron chi connectivity index (χ0n) is 11.6. The number of imidazole rings is 1. The van der Waals surface area contributed by atoms with Crippen LogP contribution in [0.1, 0.15) is 31.0 Å². The average Bonchev–Trinajstić information content (AvgIpc) is 2.80. The lowest BCUT2D eigenvalue weighted by molar-refractivity contribution is 0.422. The molecule has 0 saturated heterocycles. The summed E-state index contributed by atoms with van der Waals surface area (Å²) in [7, 11) is 1.59. The molecular weight excluding hydrogens is 238 g/mol. The fraction of sp³-hybridized carbons (Fsp3) is 0.333. The van der Waals surface area contributed by atoms with Crippen LogP contribution in [0.25, 0.3) is 0 Å². The van der Waals surface area contributed by atoms with Crippen LogP contribution in [0.3, 0.4) is 0 Å². The first-order valence-electron chi connectivity index (χ1n) is 6.36. The summed E-state index contributed by atoms with van der Waals surface area (Å²) in [6.45, 7) is 4.99. The van der Waals surface area contributed by atoms with E-state index in [4.69, 9.17) is 4.74 Å². The maximum Gasteiger partial charge on any atom is 0.175 e. The molecule has 0 atom stereocenters. The summed E-state index contributed by atoms with van der Waals surface area (Å²) in [5, 5.41) is 0. The molecule has 100 valence electrons. The Hall–Kier alpha value is -2.10. The molecule has 0 aliphatic carbocycles. The van der Waals surface area contributed by atoms with Crippen molar-refractivity contribution < 1.29 is 4.74 Å². The SMILES string of the molecule is CO/C=N/c1c(C(C)C)ncn1Cc1ccccc1. The summed E-state index contributed by atoms with van der Waals surface area (Å²) in [4.78, 5) is 8.81. The molecule has 1 heterocycles. The number of ether oxygens (including phenoxy) is 1. The first-order chi connectivity index (χ1) is 9.22. The highest BCUT2D eigenvalue weighted by Gasteiger charge is 2.13. The van der Waals surface area contributed by atoms with Crippen LogP contribution < -0.4 is 0 Å². The van der Waals surface area contributed by atoms with Gasteiger partial charge in [0.1, 0.15) is 0 Å². The van der Waals surface area contributed by atoms with Gasteiger partial charge in [-0.05, 0) is 11.5 Å². The van der Waals surface area contributed by atoms with Crippen LogP contribution in [0.5, 0.6) is 0 Å². The van der Waals surface area contributed by atoms with Gasteiger partial charge in [0.2, 0.25) is 0 Å². The highest BCUT2D eigenvalue weighted by atomic mass is 16.5. The molecule has 2 aromatic rings. The van der Waals surface area contributed by atoms with Gasteiger partial charge < -0.3 is 9.30 Å². The molecule has 0 unspecified atom stereocenters. The van der Waals surface area contributed by atoms with E-state index in [1.54, 1.807) is 7.11 Å². The van der Waals surface area contributed by atoms with Crippen LogP contribution in [0, 0.1) is 0 Å². The number of nitrogens with zero attached hydrogens (tertiary/aromatic N) is 3. The Morgan fingerprint density at radius 2 is 2.05 bits per heavy atom. The minimum Gasteiger partial charge on any atom is -0.486 e. The lowest BCUT2D eigenvalue weighted by Crippen LogP contribution is -1.98. The maximum atomic E-state index is 4.92. The van der Waals surface area contributed by atoms with Gasteiger partial charge in [0.15, 0.2) is 12.2 Å². The lowest BCUT2D eigenvalue weighted by atomic mass is 10.1. The number of aliphatic imine (C=N–C) groups is 1. The van der Waals surface area contributed by atoms with Gasteiger partial charge in [-0.15, -0.1) is 0 Å². The van der Waals surface area contributed by atoms with E-state index in [0.717, 1.165) is 18.1 Å². The predicted octanol–water partition coefficient (Wildman–Crippen LogP) is 3.36. The number of benzene rings is 1. The molecule has 0 aliphatic rings. The molecule has 2 rings (SSSR count). The second-order valence-electron chi connectivity index (χ2n) is 4.69. The van der Waals surface area contributed by atoms with E-state index in [9.17, 15) is 0 Å². The fourth-order valence-corrected chi connectivity index (χ4v) is 1.94. The molecular formula is C15H19N3O. The van der Waals surface area contributed by atoms with Crippen molar-refractivity contribution in [1.82, 2.24) is 9.55 Å². The summed E-state index contributed by atoms with van der Waals surface area (Å²) in [5.41, 5.74) is 2.22. The van der Waals surface area contributed by atoms with Crippen molar-refractivity contribution in [3.8, 4) is 0 Å². The van der Waals surface area contributed by atoms with Gasteiger partial charge in [0.25, 0.3) is 0 Å². The third-order valence-electron chi connectivity index (χ3n) is 2.86. The number of rotatable bonds is 5. The van der Waals surface area contributed by atoms with E-state index in [1.807, 2.05) is 29.1 Å². The summed E-state index contributed by atoms with van der Waals surface area (Å²) in [5.74, 6) is 1.20. The van der Waals surface area contributed by atoms with E-state index < -0.39 is 0 Å². The maximum absolute atomic E-state index is 4.92. The smallest absolute Gasteiger partial charge is 0.175 e. The zero-order valence-corrected chi connectivity index (χ0v) is 11.6. The lowest BCUT2D eigenvalue weighted by Gasteiger charge is -2.07. The van der Waals surface area contributed by atoms with Crippen molar-refractivity contribution in [2.45, 2.75) is 26.3 Å². The molecule has 19 heavy (non-hydrogen) atoms. The van der Waals surface area contributed by atoms with Crippen molar-refractivity contribution in [1.29, 1.82) is 0 Å². The summed E-state index contributed by atoms with van der Waals surface area (Å²) in [6, 6.07) is 10.3. The minimum absolute atomic E-state index is 0.334. The molecule has 0 N–H and O–H groups in total. The Balaban J connectivity index is 2.32. The number of aromatic nitrogens is 2. The van der Waals surface area contributed by atoms with Crippen molar-refractivity contribution in [2.75, 3.05) is 7.11 Å². The number of methoxy groups -OCH3 is 1. The van der Waals surface area contributed by atoms with Crippen LogP contribution in [-0.4, -0.2) is 23.1 Å². The van der Waals surface area contributed by atoms with Crippen molar-refractivity contribution in [2.24, 2.45) is 4.99 Å². The summed E-state index contributed by atoms with van der Waals surface area (Å²) in [6.07, 6.45) is 3.29. The largest absolute Gasteiger partial charge is 0.486 e. The molecule has 0 radical (unpaired) electrons. The Morgan fingerprint density at radius 1 is 1.32 bits per heavy atom. The average molecular weight is 257 g/mol.